The maximum atomic E-state index is 12.0. The molecule has 1 fully saturated rings. The molecular formula is C11H18Cl2N2O2. The van der Waals surface area contributed by atoms with Gasteiger partial charge >= 0.3 is 0 Å². The maximum Gasteiger partial charge on any atom is 0.255 e. The Balaban J connectivity index is 2.52. The van der Waals surface area contributed by atoms with Gasteiger partial charge in [0.1, 0.15) is 0 Å². The van der Waals surface area contributed by atoms with Crippen molar-refractivity contribution < 1.29 is 9.59 Å². The van der Waals surface area contributed by atoms with Crippen molar-refractivity contribution in [3.05, 3.63) is 0 Å². The summed E-state index contributed by atoms with van der Waals surface area (Å²) in [5.74, 6) is -0.172. The van der Waals surface area contributed by atoms with E-state index >= 15 is 0 Å². The normalized spacial score (nSPS) is 17.5. The van der Waals surface area contributed by atoms with Gasteiger partial charge in [0.05, 0.1) is 0 Å². The third-order valence-electron chi connectivity index (χ3n) is 2.71. The first-order chi connectivity index (χ1) is 7.73. The van der Waals surface area contributed by atoms with Crippen molar-refractivity contribution in [2.75, 3.05) is 26.2 Å². The maximum absolute atomic E-state index is 12.0. The predicted octanol–water partition coefficient (Wildman–Crippen LogP) is 1.51. The van der Waals surface area contributed by atoms with Crippen LogP contribution in [0.2, 0.25) is 0 Å². The number of halogens is 2. The SMILES string of the molecule is CC(C)(C)C(=O)N1CCN(C(=O)C(Cl)Cl)CC1. The van der Waals surface area contributed by atoms with Crippen molar-refractivity contribution in [1.82, 2.24) is 9.80 Å². The number of piperazine rings is 1. The fourth-order valence-electron chi connectivity index (χ4n) is 1.74. The summed E-state index contributed by atoms with van der Waals surface area (Å²) in [4.78, 5) is 25.9. The Kier molecular flexibility index (Phi) is 4.67. The second kappa shape index (κ2) is 5.44. The summed E-state index contributed by atoms with van der Waals surface area (Å²) >= 11 is 11.1. The first-order valence-electron chi connectivity index (χ1n) is 5.60. The lowest BCUT2D eigenvalue weighted by atomic mass is 9.94. The zero-order chi connectivity index (χ0) is 13.2. The van der Waals surface area contributed by atoms with Crippen LogP contribution in [0.5, 0.6) is 0 Å². The van der Waals surface area contributed by atoms with E-state index in [0.717, 1.165) is 0 Å². The predicted molar refractivity (Wildman–Crippen MR) is 68.1 cm³/mol. The van der Waals surface area contributed by atoms with Crippen LogP contribution in [0.1, 0.15) is 20.8 Å². The van der Waals surface area contributed by atoms with Gasteiger partial charge in [-0.15, -0.1) is 0 Å². The van der Waals surface area contributed by atoms with Crippen molar-refractivity contribution in [2.24, 2.45) is 5.41 Å². The molecule has 17 heavy (non-hydrogen) atoms. The van der Waals surface area contributed by atoms with Gasteiger partial charge in [0.2, 0.25) is 5.91 Å². The summed E-state index contributed by atoms with van der Waals surface area (Å²) in [6, 6.07) is 0. The highest BCUT2D eigenvalue weighted by molar-refractivity contribution is 6.53. The molecule has 1 rings (SSSR count). The molecule has 0 N–H and O–H groups in total. The Hall–Kier alpha value is -0.480. The molecule has 6 heteroatoms. The molecule has 4 nitrogen and oxygen atoms in total. The van der Waals surface area contributed by atoms with Crippen molar-refractivity contribution in [2.45, 2.75) is 25.6 Å². The lowest BCUT2D eigenvalue weighted by Crippen LogP contribution is -2.53. The summed E-state index contributed by atoms with van der Waals surface area (Å²) in [7, 11) is 0. The molecule has 2 amide bonds. The summed E-state index contributed by atoms with van der Waals surface area (Å²) in [6.07, 6.45) is 0. The molecule has 0 unspecified atom stereocenters. The van der Waals surface area contributed by atoms with Crippen LogP contribution >= 0.6 is 23.2 Å². The van der Waals surface area contributed by atoms with Crippen molar-refractivity contribution in [1.29, 1.82) is 0 Å². The second-order valence-electron chi connectivity index (χ2n) is 5.17. The Labute approximate surface area is 112 Å². The molecule has 1 heterocycles. The average molecular weight is 281 g/mol. The van der Waals surface area contributed by atoms with Crippen LogP contribution in [0, 0.1) is 5.41 Å². The standard InChI is InChI=1S/C11H18Cl2N2O2/c1-11(2,3)10(17)15-6-4-14(5-7-15)9(16)8(12)13/h8H,4-7H2,1-3H3. The zero-order valence-corrected chi connectivity index (χ0v) is 11.9. The Bertz CT molecular complexity index is 305. The molecule has 0 aromatic heterocycles. The third kappa shape index (κ3) is 3.75. The average Bonchev–Trinajstić information content (AvgIpc) is 2.26. The van der Waals surface area contributed by atoms with Crippen LogP contribution in [-0.2, 0) is 9.59 Å². The fraction of sp³-hybridized carbons (Fsp3) is 0.818. The quantitative estimate of drug-likeness (QED) is 0.683. The lowest BCUT2D eigenvalue weighted by molar-refractivity contribution is -0.144. The molecule has 98 valence electrons. The number of alkyl halides is 2. The van der Waals surface area contributed by atoms with Crippen molar-refractivity contribution in [3.8, 4) is 0 Å². The minimum atomic E-state index is -1.01. The first-order valence-corrected chi connectivity index (χ1v) is 6.47. The highest BCUT2D eigenvalue weighted by Gasteiger charge is 2.31. The summed E-state index contributed by atoms with van der Waals surface area (Å²) < 4.78 is 0. The highest BCUT2D eigenvalue weighted by atomic mass is 35.5. The Morgan fingerprint density at radius 1 is 1.00 bits per heavy atom. The Morgan fingerprint density at radius 2 is 1.41 bits per heavy atom. The number of hydrogen-bond donors (Lipinski definition) is 0. The molecule has 0 atom stereocenters. The largest absolute Gasteiger partial charge is 0.339 e. The van der Waals surface area contributed by atoms with Crippen LogP contribution < -0.4 is 0 Å². The molecule has 1 saturated heterocycles. The minimum Gasteiger partial charge on any atom is -0.339 e. The van der Waals surface area contributed by atoms with Crippen molar-refractivity contribution in [3.63, 3.8) is 0 Å². The van der Waals surface area contributed by atoms with Crippen molar-refractivity contribution >= 4 is 35.0 Å². The number of rotatable bonds is 1. The summed E-state index contributed by atoms with van der Waals surface area (Å²) in [5, 5.41) is 0. The number of carbonyl (C=O) groups excluding carboxylic acids is 2. The monoisotopic (exact) mass is 280 g/mol. The summed E-state index contributed by atoms with van der Waals surface area (Å²) in [6.45, 7) is 7.75. The van der Waals surface area contributed by atoms with Gasteiger partial charge in [-0.25, -0.2) is 0 Å². The molecule has 1 aliphatic rings. The molecule has 0 aromatic carbocycles. The van der Waals surface area contributed by atoms with Crippen LogP contribution in [0.4, 0.5) is 0 Å². The van der Waals surface area contributed by atoms with E-state index in [2.05, 4.69) is 0 Å². The lowest BCUT2D eigenvalue weighted by Gasteiger charge is -2.37. The summed E-state index contributed by atoms with van der Waals surface area (Å²) in [5.41, 5.74) is -0.381. The van der Waals surface area contributed by atoms with Crippen LogP contribution in [0.3, 0.4) is 0 Å². The van der Waals surface area contributed by atoms with Crippen LogP contribution in [0.15, 0.2) is 0 Å². The van der Waals surface area contributed by atoms with Gasteiger partial charge in [0.25, 0.3) is 5.91 Å². The van der Waals surface area contributed by atoms with Crippen LogP contribution in [-0.4, -0.2) is 52.6 Å². The molecular weight excluding hydrogens is 263 g/mol. The van der Waals surface area contributed by atoms with E-state index in [4.69, 9.17) is 23.2 Å². The van der Waals surface area contributed by atoms with Crippen LogP contribution in [0.25, 0.3) is 0 Å². The van der Waals surface area contributed by atoms with E-state index in [1.807, 2.05) is 20.8 Å². The third-order valence-corrected chi connectivity index (χ3v) is 3.08. The number of carbonyl (C=O) groups is 2. The van der Waals surface area contributed by atoms with Gasteiger partial charge in [0.15, 0.2) is 4.84 Å². The number of amides is 2. The molecule has 0 saturated carbocycles. The van der Waals surface area contributed by atoms with E-state index < -0.39 is 4.84 Å². The topological polar surface area (TPSA) is 40.6 Å². The smallest absolute Gasteiger partial charge is 0.255 e. The molecule has 0 spiro atoms. The molecule has 1 aliphatic heterocycles. The van der Waals surface area contributed by atoms with E-state index in [9.17, 15) is 9.59 Å². The first kappa shape index (κ1) is 14.6. The highest BCUT2D eigenvalue weighted by Crippen LogP contribution is 2.19. The molecule has 0 bridgehead atoms. The molecule has 0 radical (unpaired) electrons. The number of nitrogens with zero attached hydrogens (tertiary/aromatic N) is 2. The van der Waals surface area contributed by atoms with E-state index in [-0.39, 0.29) is 17.2 Å². The molecule has 0 aromatic rings. The second-order valence-corrected chi connectivity index (χ2v) is 6.26. The van der Waals surface area contributed by atoms with Gasteiger partial charge in [-0.2, -0.15) is 0 Å². The van der Waals surface area contributed by atoms with E-state index in [0.29, 0.717) is 26.2 Å². The van der Waals surface area contributed by atoms with Gasteiger partial charge in [-0.1, -0.05) is 44.0 Å². The fourth-order valence-corrected chi connectivity index (χ4v) is 2.02. The van der Waals surface area contributed by atoms with Gasteiger partial charge < -0.3 is 9.80 Å². The minimum absolute atomic E-state index is 0.109. The van der Waals surface area contributed by atoms with E-state index in [1.54, 1.807) is 9.80 Å². The van der Waals surface area contributed by atoms with Gasteiger partial charge in [0, 0.05) is 31.6 Å². The van der Waals surface area contributed by atoms with Gasteiger partial charge in [-0.3, -0.25) is 9.59 Å². The number of hydrogen-bond acceptors (Lipinski definition) is 2. The Morgan fingerprint density at radius 3 is 1.76 bits per heavy atom. The zero-order valence-electron chi connectivity index (χ0n) is 10.4. The molecule has 0 aliphatic carbocycles. The van der Waals surface area contributed by atoms with Gasteiger partial charge in [-0.05, 0) is 0 Å². The van der Waals surface area contributed by atoms with E-state index in [1.165, 1.54) is 0 Å².